The van der Waals surface area contributed by atoms with Crippen LogP contribution in [0.3, 0.4) is 0 Å². The molecule has 0 radical (unpaired) electrons. The minimum Gasteiger partial charge on any atom is -0.380 e. The number of hydrogen-bond acceptors (Lipinski definition) is 3. The zero-order valence-electron chi connectivity index (χ0n) is 12.7. The second-order valence-electron chi connectivity index (χ2n) is 5.15. The highest BCUT2D eigenvalue weighted by Gasteiger charge is 2.06. The zero-order chi connectivity index (χ0) is 15.7. The first kappa shape index (κ1) is 17.4. The molecule has 0 aliphatic rings. The molecule has 1 rings (SSSR count). The Labute approximate surface area is 131 Å². The Balaban J connectivity index is 2.39. The lowest BCUT2D eigenvalue weighted by molar-refractivity contribution is 0.0943. The Kier molecular flexibility index (Phi) is 7.71. The third kappa shape index (κ3) is 7.06. The molecule has 0 aromatic heterocycles. The van der Waals surface area contributed by atoms with Gasteiger partial charge in [-0.05, 0) is 42.3 Å². The molecule has 3 N–H and O–H groups in total. The Bertz CT molecular complexity index is 478. The van der Waals surface area contributed by atoms with Crippen molar-refractivity contribution in [3.05, 3.63) is 35.4 Å². The van der Waals surface area contributed by atoms with E-state index in [1.165, 1.54) is 0 Å². The van der Waals surface area contributed by atoms with E-state index in [-0.39, 0.29) is 5.91 Å². The fourth-order valence-corrected chi connectivity index (χ4v) is 1.83. The zero-order valence-corrected chi connectivity index (χ0v) is 13.5. The van der Waals surface area contributed by atoms with E-state index in [0.717, 1.165) is 18.5 Å². The number of methoxy groups -OCH3 is 1. The van der Waals surface area contributed by atoms with Crippen LogP contribution in [0.4, 0.5) is 0 Å². The van der Waals surface area contributed by atoms with Crippen molar-refractivity contribution in [1.82, 2.24) is 16.2 Å². The number of amides is 1. The average Bonchev–Trinajstić information content (AvgIpc) is 2.45. The molecule has 0 heterocycles. The molecular formula is C15H23N3O2S. The van der Waals surface area contributed by atoms with Gasteiger partial charge in [0.1, 0.15) is 0 Å². The molecule has 0 bridgehead atoms. The summed E-state index contributed by atoms with van der Waals surface area (Å²) in [4.78, 5) is 12.0. The highest BCUT2D eigenvalue weighted by Crippen LogP contribution is 2.06. The molecule has 0 atom stereocenters. The van der Waals surface area contributed by atoms with Crippen molar-refractivity contribution in [1.29, 1.82) is 0 Å². The van der Waals surface area contributed by atoms with Crippen LogP contribution in [-0.2, 0) is 11.3 Å². The van der Waals surface area contributed by atoms with Crippen molar-refractivity contribution in [3.63, 3.8) is 0 Å². The van der Waals surface area contributed by atoms with Crippen molar-refractivity contribution in [2.45, 2.75) is 26.9 Å². The Morgan fingerprint density at radius 3 is 2.76 bits per heavy atom. The van der Waals surface area contributed by atoms with Gasteiger partial charge < -0.3 is 10.1 Å². The lowest BCUT2D eigenvalue weighted by atomic mass is 10.1. The summed E-state index contributed by atoms with van der Waals surface area (Å²) in [6.45, 7) is 5.55. The standard InChI is InChI=1S/C15H23N3O2S/c1-11(2)7-8-16-15(21)18-17-14(19)13-6-4-5-12(9-13)10-20-3/h4-6,9,11H,7-8,10H2,1-3H3,(H,17,19)(H2,16,18,21). The Hall–Kier alpha value is -1.66. The second kappa shape index (κ2) is 9.31. The monoisotopic (exact) mass is 309 g/mol. The predicted molar refractivity (Wildman–Crippen MR) is 87.8 cm³/mol. The molecule has 1 aromatic carbocycles. The first-order valence-electron chi connectivity index (χ1n) is 6.95. The molecular weight excluding hydrogens is 286 g/mol. The SMILES string of the molecule is COCc1cccc(C(=O)NNC(=S)NCCC(C)C)c1. The van der Waals surface area contributed by atoms with Crippen LogP contribution in [0.25, 0.3) is 0 Å². The van der Waals surface area contributed by atoms with Crippen LogP contribution in [0.5, 0.6) is 0 Å². The minimum atomic E-state index is -0.235. The first-order chi connectivity index (χ1) is 10.0. The summed E-state index contributed by atoms with van der Waals surface area (Å²) in [5.41, 5.74) is 6.77. The molecule has 116 valence electrons. The lowest BCUT2D eigenvalue weighted by Gasteiger charge is -2.12. The van der Waals surface area contributed by atoms with Gasteiger partial charge in [-0.1, -0.05) is 26.0 Å². The maximum atomic E-state index is 12.0. The molecule has 1 amide bonds. The molecule has 0 unspecified atom stereocenters. The van der Waals surface area contributed by atoms with E-state index < -0.39 is 0 Å². The van der Waals surface area contributed by atoms with Gasteiger partial charge in [0.05, 0.1) is 6.61 Å². The normalized spacial score (nSPS) is 10.3. The molecule has 0 saturated carbocycles. The molecule has 5 nitrogen and oxygen atoms in total. The summed E-state index contributed by atoms with van der Waals surface area (Å²) in [5.74, 6) is 0.374. The quantitative estimate of drug-likeness (QED) is 0.554. The molecule has 0 aliphatic heterocycles. The highest BCUT2D eigenvalue weighted by molar-refractivity contribution is 7.80. The van der Waals surface area contributed by atoms with Crippen LogP contribution in [-0.4, -0.2) is 24.7 Å². The van der Waals surface area contributed by atoms with Crippen molar-refractivity contribution in [2.24, 2.45) is 5.92 Å². The smallest absolute Gasteiger partial charge is 0.269 e. The lowest BCUT2D eigenvalue weighted by Crippen LogP contribution is -2.47. The van der Waals surface area contributed by atoms with Crippen molar-refractivity contribution in [3.8, 4) is 0 Å². The van der Waals surface area contributed by atoms with Gasteiger partial charge >= 0.3 is 0 Å². The molecule has 0 saturated heterocycles. The molecule has 21 heavy (non-hydrogen) atoms. The number of benzene rings is 1. The summed E-state index contributed by atoms with van der Waals surface area (Å²) in [6.07, 6.45) is 1.02. The minimum absolute atomic E-state index is 0.235. The van der Waals surface area contributed by atoms with E-state index in [0.29, 0.717) is 23.2 Å². The third-order valence-electron chi connectivity index (χ3n) is 2.80. The van der Waals surface area contributed by atoms with Gasteiger partial charge in [0.15, 0.2) is 5.11 Å². The van der Waals surface area contributed by atoms with Crippen LogP contribution >= 0.6 is 12.2 Å². The third-order valence-corrected chi connectivity index (χ3v) is 3.04. The molecule has 0 spiro atoms. The Morgan fingerprint density at radius 2 is 2.10 bits per heavy atom. The summed E-state index contributed by atoms with van der Waals surface area (Å²) >= 11 is 5.08. The fraction of sp³-hybridized carbons (Fsp3) is 0.467. The van der Waals surface area contributed by atoms with Gasteiger partial charge in [-0.15, -0.1) is 0 Å². The number of carbonyl (C=O) groups is 1. The van der Waals surface area contributed by atoms with E-state index in [4.69, 9.17) is 17.0 Å². The number of thiocarbonyl (C=S) groups is 1. The maximum absolute atomic E-state index is 12.0. The topological polar surface area (TPSA) is 62.4 Å². The summed E-state index contributed by atoms with van der Waals surface area (Å²) in [5, 5.41) is 3.45. The first-order valence-corrected chi connectivity index (χ1v) is 7.35. The van der Waals surface area contributed by atoms with Crippen LogP contribution in [0.1, 0.15) is 36.2 Å². The molecule has 1 aromatic rings. The van der Waals surface area contributed by atoms with Crippen LogP contribution < -0.4 is 16.2 Å². The molecule has 0 aliphatic carbocycles. The largest absolute Gasteiger partial charge is 0.380 e. The van der Waals surface area contributed by atoms with E-state index >= 15 is 0 Å². The summed E-state index contributed by atoms with van der Waals surface area (Å²) < 4.78 is 5.05. The van der Waals surface area contributed by atoms with Gasteiger partial charge in [0.25, 0.3) is 5.91 Å². The highest BCUT2D eigenvalue weighted by atomic mass is 32.1. The Morgan fingerprint density at radius 1 is 1.33 bits per heavy atom. The number of hydrazine groups is 1. The number of ether oxygens (including phenoxy) is 1. The van der Waals surface area contributed by atoms with E-state index in [2.05, 4.69) is 30.0 Å². The van der Waals surface area contributed by atoms with E-state index in [1.807, 2.05) is 12.1 Å². The van der Waals surface area contributed by atoms with Crippen molar-refractivity contribution < 1.29 is 9.53 Å². The number of hydrogen-bond donors (Lipinski definition) is 3. The van der Waals surface area contributed by atoms with Crippen LogP contribution in [0.15, 0.2) is 24.3 Å². The number of rotatable bonds is 6. The fourth-order valence-electron chi connectivity index (χ4n) is 1.67. The van der Waals surface area contributed by atoms with Gasteiger partial charge in [-0.2, -0.15) is 0 Å². The summed E-state index contributed by atoms with van der Waals surface area (Å²) in [7, 11) is 1.62. The number of carbonyl (C=O) groups excluding carboxylic acids is 1. The molecule has 6 heteroatoms. The van der Waals surface area contributed by atoms with Crippen molar-refractivity contribution >= 4 is 23.2 Å². The molecule has 0 fully saturated rings. The van der Waals surface area contributed by atoms with E-state index in [1.54, 1.807) is 19.2 Å². The summed E-state index contributed by atoms with van der Waals surface area (Å²) in [6, 6.07) is 7.26. The second-order valence-corrected chi connectivity index (χ2v) is 5.56. The average molecular weight is 309 g/mol. The van der Waals surface area contributed by atoms with Gasteiger partial charge in [-0.25, -0.2) is 0 Å². The van der Waals surface area contributed by atoms with Gasteiger partial charge in [-0.3, -0.25) is 15.6 Å². The van der Waals surface area contributed by atoms with Gasteiger partial charge in [0, 0.05) is 19.2 Å². The van der Waals surface area contributed by atoms with Crippen LogP contribution in [0, 0.1) is 5.92 Å². The maximum Gasteiger partial charge on any atom is 0.269 e. The van der Waals surface area contributed by atoms with Crippen molar-refractivity contribution in [2.75, 3.05) is 13.7 Å². The van der Waals surface area contributed by atoms with E-state index in [9.17, 15) is 4.79 Å². The van der Waals surface area contributed by atoms with Crippen LogP contribution in [0.2, 0.25) is 0 Å². The predicted octanol–water partition coefficient (Wildman–Crippen LogP) is 1.99. The van der Waals surface area contributed by atoms with Gasteiger partial charge in [0.2, 0.25) is 0 Å². The number of nitrogens with one attached hydrogen (secondary N) is 3.